The molecule has 0 atom stereocenters. The van der Waals surface area contributed by atoms with Crippen molar-refractivity contribution in [3.8, 4) is 22.5 Å². The molecule has 0 spiro atoms. The summed E-state index contributed by atoms with van der Waals surface area (Å²) in [7, 11) is 0. The lowest BCUT2D eigenvalue weighted by molar-refractivity contribution is 0.0512. The van der Waals surface area contributed by atoms with Gasteiger partial charge in [-0.05, 0) is 37.3 Å². The standard InChI is InChI=1S/C22H21N5O2/c1-2-29-22(28)21-13-20(26-27(21)10-8-23)16-7-9-24-19(12-16)17-11-15-5-3-4-6-18(15)25-14-17/h3-7,9,11-14H,2,8,10,23H2,1H3. The number of esters is 1. The molecular weight excluding hydrogens is 366 g/mol. The highest BCUT2D eigenvalue weighted by Gasteiger charge is 2.17. The first-order valence-corrected chi connectivity index (χ1v) is 9.46. The Kier molecular flexibility index (Phi) is 5.31. The highest BCUT2D eigenvalue weighted by Crippen LogP contribution is 2.26. The molecule has 4 rings (SSSR count). The van der Waals surface area contributed by atoms with Crippen molar-refractivity contribution in [1.82, 2.24) is 19.7 Å². The van der Waals surface area contributed by atoms with Gasteiger partial charge in [0.25, 0.3) is 0 Å². The van der Waals surface area contributed by atoms with E-state index in [0.29, 0.717) is 31.1 Å². The van der Waals surface area contributed by atoms with Gasteiger partial charge in [0, 0.05) is 35.5 Å². The van der Waals surface area contributed by atoms with E-state index in [9.17, 15) is 4.79 Å². The number of benzene rings is 1. The van der Waals surface area contributed by atoms with Crippen LogP contribution >= 0.6 is 0 Å². The molecule has 0 aliphatic rings. The van der Waals surface area contributed by atoms with E-state index in [4.69, 9.17) is 10.5 Å². The van der Waals surface area contributed by atoms with Gasteiger partial charge in [-0.15, -0.1) is 0 Å². The van der Waals surface area contributed by atoms with Crippen LogP contribution < -0.4 is 5.73 Å². The Morgan fingerprint density at radius 2 is 1.93 bits per heavy atom. The zero-order chi connectivity index (χ0) is 20.2. The van der Waals surface area contributed by atoms with Crippen LogP contribution in [0.2, 0.25) is 0 Å². The van der Waals surface area contributed by atoms with Crippen molar-refractivity contribution in [1.29, 1.82) is 0 Å². The molecule has 146 valence electrons. The molecule has 7 nitrogen and oxygen atoms in total. The fourth-order valence-electron chi connectivity index (χ4n) is 3.18. The Hall–Kier alpha value is -3.58. The van der Waals surface area contributed by atoms with Gasteiger partial charge < -0.3 is 10.5 Å². The van der Waals surface area contributed by atoms with Gasteiger partial charge in [-0.1, -0.05) is 18.2 Å². The lowest BCUT2D eigenvalue weighted by atomic mass is 10.1. The fraction of sp³-hybridized carbons (Fsp3) is 0.182. The first kappa shape index (κ1) is 18.8. The molecule has 0 saturated heterocycles. The van der Waals surface area contributed by atoms with Gasteiger partial charge in [0.15, 0.2) is 0 Å². The lowest BCUT2D eigenvalue weighted by Crippen LogP contribution is -2.17. The number of aromatic nitrogens is 4. The van der Waals surface area contributed by atoms with Crippen LogP contribution in [-0.2, 0) is 11.3 Å². The van der Waals surface area contributed by atoms with E-state index in [2.05, 4.69) is 21.1 Å². The average Bonchev–Trinajstić information content (AvgIpc) is 3.18. The minimum Gasteiger partial charge on any atom is -0.461 e. The third-order valence-corrected chi connectivity index (χ3v) is 4.55. The van der Waals surface area contributed by atoms with Crippen LogP contribution in [-0.4, -0.2) is 38.9 Å². The molecule has 0 saturated carbocycles. The smallest absolute Gasteiger partial charge is 0.356 e. The number of nitrogens with zero attached hydrogens (tertiary/aromatic N) is 4. The van der Waals surface area contributed by atoms with Crippen LogP contribution in [0.15, 0.2) is 60.9 Å². The summed E-state index contributed by atoms with van der Waals surface area (Å²) < 4.78 is 6.73. The average molecular weight is 387 g/mol. The van der Waals surface area contributed by atoms with E-state index in [1.54, 1.807) is 23.9 Å². The molecule has 0 amide bonds. The monoisotopic (exact) mass is 387 g/mol. The van der Waals surface area contributed by atoms with Crippen molar-refractivity contribution < 1.29 is 9.53 Å². The molecule has 3 heterocycles. The number of fused-ring (bicyclic) bond motifs is 1. The zero-order valence-corrected chi connectivity index (χ0v) is 16.1. The highest BCUT2D eigenvalue weighted by atomic mass is 16.5. The quantitative estimate of drug-likeness (QED) is 0.510. The Balaban J connectivity index is 1.73. The van der Waals surface area contributed by atoms with E-state index < -0.39 is 5.97 Å². The van der Waals surface area contributed by atoms with Crippen LogP contribution in [0.25, 0.3) is 33.4 Å². The van der Waals surface area contributed by atoms with Gasteiger partial charge >= 0.3 is 5.97 Å². The summed E-state index contributed by atoms with van der Waals surface area (Å²) in [5.74, 6) is -0.410. The zero-order valence-electron chi connectivity index (χ0n) is 16.1. The molecule has 0 bridgehead atoms. The maximum absolute atomic E-state index is 12.3. The molecule has 4 aromatic rings. The summed E-state index contributed by atoms with van der Waals surface area (Å²) in [4.78, 5) is 21.3. The Morgan fingerprint density at radius 3 is 2.76 bits per heavy atom. The van der Waals surface area contributed by atoms with Crippen LogP contribution in [0, 0.1) is 0 Å². The molecule has 0 aliphatic carbocycles. The summed E-state index contributed by atoms with van der Waals surface area (Å²) in [6, 6.07) is 15.5. The van der Waals surface area contributed by atoms with Crippen molar-refractivity contribution >= 4 is 16.9 Å². The van der Waals surface area contributed by atoms with Crippen LogP contribution in [0.3, 0.4) is 0 Å². The maximum Gasteiger partial charge on any atom is 0.356 e. The van der Waals surface area contributed by atoms with Gasteiger partial charge in [-0.3, -0.25) is 14.6 Å². The number of pyridine rings is 2. The van der Waals surface area contributed by atoms with Gasteiger partial charge in [-0.25, -0.2) is 4.79 Å². The van der Waals surface area contributed by atoms with Gasteiger partial charge in [-0.2, -0.15) is 5.10 Å². The predicted molar refractivity (Wildman–Crippen MR) is 111 cm³/mol. The summed E-state index contributed by atoms with van der Waals surface area (Å²) in [6.07, 6.45) is 3.54. The number of rotatable bonds is 6. The van der Waals surface area contributed by atoms with Gasteiger partial charge in [0.2, 0.25) is 0 Å². The van der Waals surface area contributed by atoms with Crippen molar-refractivity contribution in [3.05, 3.63) is 66.6 Å². The molecule has 0 unspecified atom stereocenters. The summed E-state index contributed by atoms with van der Waals surface area (Å²) >= 11 is 0. The van der Waals surface area contributed by atoms with Crippen molar-refractivity contribution in [3.63, 3.8) is 0 Å². The maximum atomic E-state index is 12.3. The largest absolute Gasteiger partial charge is 0.461 e. The molecule has 3 aromatic heterocycles. The highest BCUT2D eigenvalue weighted by molar-refractivity contribution is 5.89. The molecule has 0 aliphatic heterocycles. The van der Waals surface area contributed by atoms with Crippen molar-refractivity contribution in [2.45, 2.75) is 13.5 Å². The normalized spacial score (nSPS) is 11.0. The van der Waals surface area contributed by atoms with Crippen LogP contribution in [0.4, 0.5) is 0 Å². The lowest BCUT2D eigenvalue weighted by Gasteiger charge is -2.05. The van der Waals surface area contributed by atoms with Crippen molar-refractivity contribution in [2.24, 2.45) is 5.73 Å². The molecule has 7 heteroatoms. The summed E-state index contributed by atoms with van der Waals surface area (Å²) in [6.45, 7) is 2.88. The van der Waals surface area contributed by atoms with Crippen LogP contribution in [0.1, 0.15) is 17.4 Å². The third kappa shape index (κ3) is 3.86. The van der Waals surface area contributed by atoms with E-state index in [0.717, 1.165) is 27.7 Å². The second-order valence-corrected chi connectivity index (χ2v) is 6.49. The van der Waals surface area contributed by atoms with Gasteiger partial charge in [0.1, 0.15) is 5.69 Å². The first-order chi connectivity index (χ1) is 14.2. The molecule has 0 fully saturated rings. The SMILES string of the molecule is CCOC(=O)c1cc(-c2ccnc(-c3cnc4ccccc4c3)c2)nn1CCN. The molecule has 29 heavy (non-hydrogen) atoms. The Morgan fingerprint density at radius 1 is 1.07 bits per heavy atom. The fourth-order valence-corrected chi connectivity index (χ4v) is 3.18. The number of hydrogen-bond acceptors (Lipinski definition) is 6. The van der Waals surface area contributed by atoms with Crippen molar-refractivity contribution in [2.75, 3.05) is 13.2 Å². The van der Waals surface area contributed by atoms with E-state index in [1.165, 1.54) is 0 Å². The van der Waals surface area contributed by atoms with Crippen LogP contribution in [0.5, 0.6) is 0 Å². The molecule has 2 N–H and O–H groups in total. The number of hydrogen-bond donors (Lipinski definition) is 1. The number of carbonyl (C=O) groups excluding carboxylic acids is 1. The number of para-hydroxylation sites is 1. The van der Waals surface area contributed by atoms with E-state index in [1.807, 2.05) is 42.6 Å². The number of nitrogens with two attached hydrogens (primary N) is 1. The summed E-state index contributed by atoms with van der Waals surface area (Å²) in [5, 5.41) is 5.60. The summed E-state index contributed by atoms with van der Waals surface area (Å²) in [5.41, 5.74) is 10.2. The minimum absolute atomic E-state index is 0.302. The molecule has 0 radical (unpaired) electrons. The second-order valence-electron chi connectivity index (χ2n) is 6.49. The van der Waals surface area contributed by atoms with Gasteiger partial charge in [0.05, 0.1) is 30.1 Å². The minimum atomic E-state index is -0.410. The second kappa shape index (κ2) is 8.20. The van der Waals surface area contributed by atoms with E-state index in [-0.39, 0.29) is 0 Å². The Bertz CT molecular complexity index is 1170. The first-order valence-electron chi connectivity index (χ1n) is 9.46. The van der Waals surface area contributed by atoms with E-state index >= 15 is 0 Å². The molecule has 1 aromatic carbocycles. The number of carbonyl (C=O) groups is 1. The topological polar surface area (TPSA) is 95.9 Å². The predicted octanol–water partition coefficient (Wildman–Crippen LogP) is 3.30. The number of ether oxygens (including phenoxy) is 1. The Labute approximate surface area is 168 Å². The molecular formula is C22H21N5O2. The third-order valence-electron chi connectivity index (χ3n) is 4.55.